The third kappa shape index (κ3) is 3.52. The van der Waals surface area contributed by atoms with Gasteiger partial charge in [-0.1, -0.05) is 5.16 Å². The number of nitrogens with zero attached hydrogens (tertiary/aromatic N) is 2. The monoisotopic (exact) mass is 254 g/mol. The Morgan fingerprint density at radius 2 is 2.56 bits per heavy atom. The molecule has 100 valence electrons. The maximum Gasteiger partial charge on any atom is 0.240 e. The van der Waals surface area contributed by atoms with E-state index in [1.807, 2.05) is 4.90 Å². The van der Waals surface area contributed by atoms with E-state index >= 15 is 0 Å². The predicted molar refractivity (Wildman–Crippen MR) is 65.1 cm³/mol. The van der Waals surface area contributed by atoms with Gasteiger partial charge in [-0.3, -0.25) is 15.0 Å². The summed E-state index contributed by atoms with van der Waals surface area (Å²) in [6.45, 7) is 4.60. The van der Waals surface area contributed by atoms with E-state index in [1.165, 1.54) is 0 Å². The summed E-state index contributed by atoms with van der Waals surface area (Å²) < 4.78 is 10.4. The van der Waals surface area contributed by atoms with E-state index in [0.29, 0.717) is 32.1 Å². The Labute approximate surface area is 105 Å². The zero-order chi connectivity index (χ0) is 13.0. The third-order valence-corrected chi connectivity index (χ3v) is 2.74. The van der Waals surface area contributed by atoms with Gasteiger partial charge in [0.1, 0.15) is 0 Å². The second-order valence-electron chi connectivity index (χ2n) is 4.34. The summed E-state index contributed by atoms with van der Waals surface area (Å²) in [5, 5.41) is 6.36. The molecule has 1 aliphatic rings. The summed E-state index contributed by atoms with van der Waals surface area (Å²) in [7, 11) is 0. The van der Waals surface area contributed by atoms with Crippen molar-refractivity contribution in [2.75, 3.05) is 38.1 Å². The molecule has 1 aliphatic heterocycles. The van der Waals surface area contributed by atoms with Crippen LogP contribution in [0.1, 0.15) is 5.69 Å². The lowest BCUT2D eigenvalue weighted by molar-refractivity contribution is -0.119. The first kappa shape index (κ1) is 13.0. The van der Waals surface area contributed by atoms with E-state index in [4.69, 9.17) is 15.0 Å². The maximum absolute atomic E-state index is 11.8. The minimum absolute atomic E-state index is 0.0130. The topological polar surface area (TPSA) is 93.6 Å². The van der Waals surface area contributed by atoms with Gasteiger partial charge < -0.3 is 15.0 Å². The van der Waals surface area contributed by atoms with Crippen molar-refractivity contribution in [3.8, 4) is 0 Å². The Morgan fingerprint density at radius 3 is 3.22 bits per heavy atom. The number of aromatic nitrogens is 1. The number of hydrogen-bond donors (Lipinski definition) is 2. The first-order valence-electron chi connectivity index (χ1n) is 5.94. The SMILES string of the molecule is Cc1cc(NC(=O)CN2CCOC(CN)C2)on1. The van der Waals surface area contributed by atoms with E-state index in [9.17, 15) is 4.79 Å². The number of amides is 1. The standard InChI is InChI=1S/C11H18N4O3/c1-8-4-11(18-14-8)13-10(16)7-15-2-3-17-9(5-12)6-15/h4,9H,2-3,5-7,12H2,1H3,(H,13,16). The lowest BCUT2D eigenvalue weighted by Gasteiger charge is -2.31. The summed E-state index contributed by atoms with van der Waals surface area (Å²) in [6, 6.07) is 1.68. The van der Waals surface area contributed by atoms with Crippen LogP contribution < -0.4 is 11.1 Å². The number of morpholine rings is 1. The van der Waals surface area contributed by atoms with Crippen LogP contribution in [-0.4, -0.2) is 54.9 Å². The second-order valence-corrected chi connectivity index (χ2v) is 4.34. The highest BCUT2D eigenvalue weighted by atomic mass is 16.5. The molecule has 18 heavy (non-hydrogen) atoms. The van der Waals surface area contributed by atoms with Crippen molar-refractivity contribution in [3.63, 3.8) is 0 Å². The number of nitrogens with two attached hydrogens (primary N) is 1. The van der Waals surface area contributed by atoms with Gasteiger partial charge in [-0.15, -0.1) is 0 Å². The van der Waals surface area contributed by atoms with Crippen molar-refractivity contribution >= 4 is 11.8 Å². The highest BCUT2D eigenvalue weighted by Gasteiger charge is 2.21. The zero-order valence-electron chi connectivity index (χ0n) is 10.4. The molecule has 0 aromatic carbocycles. The summed E-state index contributed by atoms with van der Waals surface area (Å²) in [5.74, 6) is 0.255. The van der Waals surface area contributed by atoms with Crippen LogP contribution >= 0.6 is 0 Å². The molecule has 1 aromatic heterocycles. The Balaban J connectivity index is 1.80. The van der Waals surface area contributed by atoms with E-state index in [0.717, 1.165) is 12.2 Å². The van der Waals surface area contributed by atoms with Gasteiger partial charge >= 0.3 is 0 Å². The fourth-order valence-electron chi connectivity index (χ4n) is 1.87. The molecule has 7 heteroatoms. The molecule has 0 aliphatic carbocycles. The molecule has 0 bridgehead atoms. The largest absolute Gasteiger partial charge is 0.374 e. The zero-order valence-corrected chi connectivity index (χ0v) is 10.4. The van der Waals surface area contributed by atoms with E-state index in [1.54, 1.807) is 13.0 Å². The molecule has 3 N–H and O–H groups in total. The highest BCUT2D eigenvalue weighted by molar-refractivity contribution is 5.90. The van der Waals surface area contributed by atoms with E-state index in [2.05, 4.69) is 10.5 Å². The van der Waals surface area contributed by atoms with Crippen molar-refractivity contribution < 1.29 is 14.1 Å². The van der Waals surface area contributed by atoms with Gasteiger partial charge in [0.05, 0.1) is 24.9 Å². The lowest BCUT2D eigenvalue weighted by atomic mass is 10.2. The minimum atomic E-state index is -0.121. The molecule has 1 fully saturated rings. The molecule has 0 saturated carbocycles. The van der Waals surface area contributed by atoms with Gasteiger partial charge in [0.15, 0.2) is 0 Å². The van der Waals surface area contributed by atoms with Gasteiger partial charge in [-0.25, -0.2) is 0 Å². The molecule has 0 radical (unpaired) electrons. The van der Waals surface area contributed by atoms with Crippen molar-refractivity contribution in [1.82, 2.24) is 10.1 Å². The van der Waals surface area contributed by atoms with Crippen LogP contribution in [-0.2, 0) is 9.53 Å². The Bertz CT molecular complexity index is 407. The molecule has 0 spiro atoms. The number of carbonyl (C=O) groups excluding carboxylic acids is 1. The van der Waals surface area contributed by atoms with Gasteiger partial charge in [0.2, 0.25) is 11.8 Å². The van der Waals surface area contributed by atoms with Gasteiger partial charge in [0.25, 0.3) is 0 Å². The summed E-state index contributed by atoms with van der Waals surface area (Å²) in [6.07, 6.45) is 0.0130. The summed E-state index contributed by atoms with van der Waals surface area (Å²) in [4.78, 5) is 13.8. The molecular weight excluding hydrogens is 236 g/mol. The first-order chi connectivity index (χ1) is 8.67. The van der Waals surface area contributed by atoms with Gasteiger partial charge in [-0.05, 0) is 6.92 Å². The summed E-state index contributed by atoms with van der Waals surface area (Å²) in [5.41, 5.74) is 6.28. The summed E-state index contributed by atoms with van der Waals surface area (Å²) >= 11 is 0. The molecule has 1 atom stereocenters. The number of ether oxygens (including phenoxy) is 1. The maximum atomic E-state index is 11.8. The fourth-order valence-corrected chi connectivity index (χ4v) is 1.87. The Morgan fingerprint density at radius 1 is 1.72 bits per heavy atom. The molecule has 1 aromatic rings. The average molecular weight is 254 g/mol. The average Bonchev–Trinajstić information content (AvgIpc) is 2.74. The van der Waals surface area contributed by atoms with Crippen LogP contribution in [0.15, 0.2) is 10.6 Å². The van der Waals surface area contributed by atoms with Crippen molar-refractivity contribution in [1.29, 1.82) is 0 Å². The number of carbonyl (C=O) groups is 1. The van der Waals surface area contributed by atoms with Crippen molar-refractivity contribution in [3.05, 3.63) is 11.8 Å². The molecular formula is C11H18N4O3. The van der Waals surface area contributed by atoms with Crippen LogP contribution in [0.5, 0.6) is 0 Å². The van der Waals surface area contributed by atoms with Gasteiger partial charge in [-0.2, -0.15) is 0 Å². The molecule has 2 rings (SSSR count). The number of aryl methyl sites for hydroxylation is 1. The van der Waals surface area contributed by atoms with Gasteiger partial charge in [0, 0.05) is 25.7 Å². The Hall–Kier alpha value is -1.44. The molecule has 1 saturated heterocycles. The third-order valence-electron chi connectivity index (χ3n) is 2.74. The number of anilines is 1. The normalized spacial score (nSPS) is 20.9. The van der Waals surface area contributed by atoms with Crippen molar-refractivity contribution in [2.24, 2.45) is 5.73 Å². The fraction of sp³-hybridized carbons (Fsp3) is 0.636. The van der Waals surface area contributed by atoms with Crippen LogP contribution in [0.3, 0.4) is 0 Å². The molecule has 1 unspecified atom stereocenters. The van der Waals surface area contributed by atoms with Crippen LogP contribution in [0.2, 0.25) is 0 Å². The smallest absolute Gasteiger partial charge is 0.240 e. The van der Waals surface area contributed by atoms with Crippen molar-refractivity contribution in [2.45, 2.75) is 13.0 Å². The first-order valence-corrected chi connectivity index (χ1v) is 5.94. The molecule has 1 amide bonds. The minimum Gasteiger partial charge on any atom is -0.374 e. The quantitative estimate of drug-likeness (QED) is 0.758. The van der Waals surface area contributed by atoms with Crippen LogP contribution in [0.25, 0.3) is 0 Å². The highest BCUT2D eigenvalue weighted by Crippen LogP contribution is 2.09. The second kappa shape index (κ2) is 5.94. The van der Waals surface area contributed by atoms with E-state index in [-0.39, 0.29) is 12.0 Å². The number of nitrogens with one attached hydrogen (secondary N) is 1. The number of rotatable bonds is 4. The predicted octanol–water partition coefficient (Wildman–Crippen LogP) is -0.419. The Kier molecular flexibility index (Phi) is 4.29. The van der Waals surface area contributed by atoms with Crippen LogP contribution in [0.4, 0.5) is 5.88 Å². The molecule has 7 nitrogen and oxygen atoms in total. The lowest BCUT2D eigenvalue weighted by Crippen LogP contribution is -2.48. The molecule has 2 heterocycles. The number of hydrogen-bond acceptors (Lipinski definition) is 6. The van der Waals surface area contributed by atoms with Crippen LogP contribution in [0, 0.1) is 6.92 Å². The van der Waals surface area contributed by atoms with E-state index < -0.39 is 0 Å².